The monoisotopic (exact) mass is 128 g/mol. The lowest BCUT2D eigenvalue weighted by molar-refractivity contribution is -0.128. The molecule has 0 aromatic rings. The van der Waals surface area contributed by atoms with Gasteiger partial charge < -0.3 is 5.11 Å². The van der Waals surface area contributed by atoms with Crippen molar-refractivity contribution >= 4 is 0 Å². The van der Waals surface area contributed by atoms with Gasteiger partial charge in [-0.1, -0.05) is 0 Å². The fourth-order valence-corrected chi connectivity index (χ4v) is 2.01. The van der Waals surface area contributed by atoms with Crippen LogP contribution in [0.4, 0.5) is 0 Å². The van der Waals surface area contributed by atoms with Crippen LogP contribution in [0.5, 0.6) is 0 Å². The van der Waals surface area contributed by atoms with Crippen molar-refractivity contribution in [2.75, 3.05) is 13.1 Å². The summed E-state index contributed by atoms with van der Waals surface area (Å²) in [6, 6.07) is 0. The number of nitrogens with zero attached hydrogens (tertiary/aromatic N) is 1. The molecule has 2 aliphatic rings. The zero-order valence-electron chi connectivity index (χ0n) is 5.38. The first-order chi connectivity index (χ1) is 4.20. The smallest absolute Gasteiger partial charge is 0.0552 e. The van der Waals surface area contributed by atoms with E-state index in [0.717, 1.165) is 25.9 Å². The fourth-order valence-electron chi connectivity index (χ4n) is 2.01. The predicted molar refractivity (Wildman–Crippen MR) is 33.4 cm³/mol. The van der Waals surface area contributed by atoms with E-state index in [-0.39, 0.29) is 6.10 Å². The lowest BCUT2D eigenvalue weighted by Gasteiger charge is -2.56. The minimum absolute atomic E-state index is 0.0290. The molecule has 52 valence electrons. The molecule has 0 unspecified atom stereocenters. The van der Waals surface area contributed by atoms with Gasteiger partial charge >= 0.3 is 0 Å². The van der Waals surface area contributed by atoms with Crippen LogP contribution in [0.25, 0.3) is 0 Å². The molecule has 0 radical (unpaired) electrons. The Hall–Kier alpha value is -0.120. The highest BCUT2D eigenvalue weighted by Gasteiger charge is 2.50. The molecule has 1 heterocycles. The standard InChI is InChI=1S/C6H12N2O/c7-8-3-6(4-8)1-5(9)2-6/h5,9H,1-4,7H2. The summed E-state index contributed by atoms with van der Waals surface area (Å²) in [5, 5.41) is 10.8. The summed E-state index contributed by atoms with van der Waals surface area (Å²) in [5.41, 5.74) is 0.439. The number of aliphatic hydroxyl groups is 1. The molecule has 1 aliphatic carbocycles. The van der Waals surface area contributed by atoms with Crippen molar-refractivity contribution in [2.24, 2.45) is 11.3 Å². The third kappa shape index (κ3) is 0.689. The molecule has 3 heteroatoms. The van der Waals surface area contributed by atoms with Gasteiger partial charge in [0.2, 0.25) is 0 Å². The van der Waals surface area contributed by atoms with Gasteiger partial charge in [-0.25, -0.2) is 5.01 Å². The van der Waals surface area contributed by atoms with E-state index in [0.29, 0.717) is 5.41 Å². The van der Waals surface area contributed by atoms with Crippen LogP contribution >= 0.6 is 0 Å². The van der Waals surface area contributed by atoms with E-state index < -0.39 is 0 Å². The fraction of sp³-hybridized carbons (Fsp3) is 1.00. The average molecular weight is 128 g/mol. The number of hydrazine groups is 1. The number of rotatable bonds is 0. The van der Waals surface area contributed by atoms with Gasteiger partial charge in [-0.2, -0.15) is 0 Å². The SMILES string of the molecule is NN1CC2(CC(O)C2)C1. The Morgan fingerprint density at radius 2 is 2.00 bits per heavy atom. The van der Waals surface area contributed by atoms with Crippen molar-refractivity contribution in [3.63, 3.8) is 0 Å². The van der Waals surface area contributed by atoms with Crippen LogP contribution in [0, 0.1) is 5.41 Å². The molecular weight excluding hydrogens is 116 g/mol. The second kappa shape index (κ2) is 1.48. The van der Waals surface area contributed by atoms with Gasteiger partial charge in [0.1, 0.15) is 0 Å². The van der Waals surface area contributed by atoms with Crippen LogP contribution in [-0.4, -0.2) is 29.3 Å². The van der Waals surface area contributed by atoms with E-state index in [1.807, 2.05) is 5.01 Å². The van der Waals surface area contributed by atoms with Crippen molar-refractivity contribution in [3.05, 3.63) is 0 Å². The summed E-state index contributed by atoms with van der Waals surface area (Å²) < 4.78 is 0. The van der Waals surface area contributed by atoms with Crippen molar-refractivity contribution in [3.8, 4) is 0 Å². The Kier molecular flexibility index (Phi) is 0.928. The van der Waals surface area contributed by atoms with Crippen LogP contribution in [0.2, 0.25) is 0 Å². The Bertz CT molecular complexity index is 106. The van der Waals surface area contributed by atoms with Crippen LogP contribution in [-0.2, 0) is 0 Å². The normalized spacial score (nSPS) is 34.0. The first kappa shape index (κ1) is 5.65. The highest BCUT2D eigenvalue weighted by atomic mass is 16.3. The Labute approximate surface area is 54.4 Å². The summed E-state index contributed by atoms with van der Waals surface area (Å²) in [6.07, 6.45) is 1.92. The largest absolute Gasteiger partial charge is 0.393 e. The highest BCUT2D eigenvalue weighted by molar-refractivity contribution is 5.02. The van der Waals surface area contributed by atoms with Gasteiger partial charge in [0.15, 0.2) is 0 Å². The molecule has 2 fully saturated rings. The molecule has 1 spiro atoms. The third-order valence-electron chi connectivity index (χ3n) is 2.41. The van der Waals surface area contributed by atoms with E-state index in [4.69, 9.17) is 10.9 Å². The predicted octanol–water partition coefficient (Wildman–Crippen LogP) is -0.683. The van der Waals surface area contributed by atoms with Crippen molar-refractivity contribution < 1.29 is 5.11 Å². The second-order valence-corrected chi connectivity index (χ2v) is 3.47. The molecule has 0 aromatic carbocycles. The molecule has 0 aromatic heterocycles. The summed E-state index contributed by atoms with van der Waals surface area (Å²) in [5.74, 6) is 5.46. The molecule has 0 atom stereocenters. The Morgan fingerprint density at radius 1 is 1.44 bits per heavy atom. The zero-order chi connectivity index (χ0) is 6.48. The van der Waals surface area contributed by atoms with Crippen molar-refractivity contribution in [1.82, 2.24) is 5.01 Å². The molecule has 2 rings (SSSR count). The zero-order valence-corrected chi connectivity index (χ0v) is 5.38. The maximum atomic E-state index is 8.98. The van der Waals surface area contributed by atoms with E-state index in [2.05, 4.69) is 0 Å². The number of hydrogen-bond acceptors (Lipinski definition) is 3. The van der Waals surface area contributed by atoms with Gasteiger partial charge in [0, 0.05) is 18.5 Å². The number of hydrogen-bond donors (Lipinski definition) is 2. The minimum Gasteiger partial charge on any atom is -0.393 e. The van der Waals surface area contributed by atoms with E-state index >= 15 is 0 Å². The van der Waals surface area contributed by atoms with Crippen LogP contribution in [0.3, 0.4) is 0 Å². The lowest BCUT2D eigenvalue weighted by Crippen LogP contribution is -2.65. The summed E-state index contributed by atoms with van der Waals surface area (Å²) in [6.45, 7) is 1.98. The molecule has 1 saturated carbocycles. The van der Waals surface area contributed by atoms with Gasteiger partial charge in [-0.3, -0.25) is 5.84 Å². The lowest BCUT2D eigenvalue weighted by atomic mass is 9.62. The van der Waals surface area contributed by atoms with Crippen LogP contribution < -0.4 is 5.84 Å². The minimum atomic E-state index is -0.0290. The third-order valence-corrected chi connectivity index (χ3v) is 2.41. The molecule has 3 nitrogen and oxygen atoms in total. The number of nitrogens with two attached hydrogens (primary N) is 1. The topological polar surface area (TPSA) is 49.5 Å². The number of aliphatic hydroxyl groups excluding tert-OH is 1. The second-order valence-electron chi connectivity index (χ2n) is 3.47. The molecule has 0 bridgehead atoms. The molecule has 0 amide bonds. The summed E-state index contributed by atoms with van der Waals surface area (Å²) in [7, 11) is 0. The first-order valence-electron chi connectivity index (χ1n) is 3.38. The van der Waals surface area contributed by atoms with Gasteiger partial charge in [0.05, 0.1) is 6.10 Å². The van der Waals surface area contributed by atoms with E-state index in [9.17, 15) is 0 Å². The Morgan fingerprint density at radius 3 is 2.33 bits per heavy atom. The van der Waals surface area contributed by atoms with Crippen LogP contribution in [0.15, 0.2) is 0 Å². The van der Waals surface area contributed by atoms with Crippen molar-refractivity contribution in [2.45, 2.75) is 18.9 Å². The van der Waals surface area contributed by atoms with Crippen molar-refractivity contribution in [1.29, 1.82) is 0 Å². The van der Waals surface area contributed by atoms with Crippen LogP contribution in [0.1, 0.15) is 12.8 Å². The quantitative estimate of drug-likeness (QED) is 0.425. The maximum Gasteiger partial charge on any atom is 0.0552 e. The maximum absolute atomic E-state index is 8.98. The summed E-state index contributed by atoms with van der Waals surface area (Å²) >= 11 is 0. The summed E-state index contributed by atoms with van der Waals surface area (Å²) in [4.78, 5) is 0. The average Bonchev–Trinajstić information content (AvgIpc) is 1.58. The molecule has 3 N–H and O–H groups in total. The highest BCUT2D eigenvalue weighted by Crippen LogP contribution is 2.46. The molecule has 1 aliphatic heterocycles. The molecule has 9 heavy (non-hydrogen) atoms. The van der Waals surface area contributed by atoms with E-state index in [1.54, 1.807) is 0 Å². The van der Waals surface area contributed by atoms with Gasteiger partial charge in [0.25, 0.3) is 0 Å². The molecule has 1 saturated heterocycles. The Balaban J connectivity index is 1.87. The molecular formula is C6H12N2O. The first-order valence-corrected chi connectivity index (χ1v) is 3.38. The van der Waals surface area contributed by atoms with Gasteiger partial charge in [-0.15, -0.1) is 0 Å². The van der Waals surface area contributed by atoms with E-state index in [1.165, 1.54) is 0 Å². The van der Waals surface area contributed by atoms with Gasteiger partial charge in [-0.05, 0) is 12.8 Å².